The van der Waals surface area contributed by atoms with Crippen molar-refractivity contribution < 1.29 is 4.84 Å². The van der Waals surface area contributed by atoms with Crippen LogP contribution in [0.2, 0.25) is 0 Å². The number of benzene rings is 1. The minimum absolute atomic E-state index is 0.887. The molecule has 0 atom stereocenters. The summed E-state index contributed by atoms with van der Waals surface area (Å²) in [7, 11) is 3.75. The first-order chi connectivity index (χ1) is 6.25. The molecule has 0 saturated heterocycles. The van der Waals surface area contributed by atoms with E-state index in [0.717, 1.165) is 18.7 Å². The maximum atomic E-state index is 5.43. The van der Waals surface area contributed by atoms with Crippen LogP contribution in [0.1, 0.15) is 5.56 Å². The quantitative estimate of drug-likeness (QED) is 0.695. The standard InChI is InChI=1S/C10H14N2O/c1-12(2)13-9-4-3-8-5-6-11-10(8)7-9/h3-4,7,11H,5-6H2,1-2H3. The Labute approximate surface area is 78.3 Å². The molecule has 1 aliphatic heterocycles. The summed E-state index contributed by atoms with van der Waals surface area (Å²) in [6, 6.07) is 6.17. The van der Waals surface area contributed by atoms with Gasteiger partial charge in [-0.3, -0.25) is 0 Å². The molecule has 70 valence electrons. The topological polar surface area (TPSA) is 24.5 Å². The fourth-order valence-electron chi connectivity index (χ4n) is 1.54. The van der Waals surface area contributed by atoms with Crippen LogP contribution in [0.4, 0.5) is 5.69 Å². The molecule has 0 bridgehead atoms. The largest absolute Gasteiger partial charge is 0.406 e. The number of anilines is 1. The summed E-state index contributed by atoms with van der Waals surface area (Å²) in [5, 5.41) is 5.01. The van der Waals surface area contributed by atoms with E-state index < -0.39 is 0 Å². The van der Waals surface area contributed by atoms with Crippen molar-refractivity contribution in [3.63, 3.8) is 0 Å². The van der Waals surface area contributed by atoms with E-state index in [1.165, 1.54) is 11.3 Å². The summed E-state index contributed by atoms with van der Waals surface area (Å²) >= 11 is 0. The van der Waals surface area contributed by atoms with E-state index in [2.05, 4.69) is 11.4 Å². The fourth-order valence-corrected chi connectivity index (χ4v) is 1.54. The minimum atomic E-state index is 0.887. The van der Waals surface area contributed by atoms with E-state index in [4.69, 9.17) is 4.84 Å². The van der Waals surface area contributed by atoms with Crippen molar-refractivity contribution in [2.45, 2.75) is 6.42 Å². The zero-order valence-corrected chi connectivity index (χ0v) is 8.00. The number of hydroxylamine groups is 2. The molecule has 1 aliphatic rings. The molecule has 3 nitrogen and oxygen atoms in total. The smallest absolute Gasteiger partial charge is 0.149 e. The van der Waals surface area contributed by atoms with Gasteiger partial charge in [0.25, 0.3) is 0 Å². The van der Waals surface area contributed by atoms with Gasteiger partial charge in [0.1, 0.15) is 5.75 Å². The van der Waals surface area contributed by atoms with Crippen LogP contribution < -0.4 is 10.2 Å². The van der Waals surface area contributed by atoms with Crippen LogP contribution in [0, 0.1) is 0 Å². The Morgan fingerprint density at radius 1 is 1.38 bits per heavy atom. The molecule has 2 rings (SSSR count). The maximum Gasteiger partial charge on any atom is 0.149 e. The second-order valence-electron chi connectivity index (χ2n) is 3.40. The lowest BCUT2D eigenvalue weighted by Crippen LogP contribution is -2.16. The Bertz CT molecular complexity index is 310. The van der Waals surface area contributed by atoms with Gasteiger partial charge in [-0.05, 0) is 18.1 Å². The van der Waals surface area contributed by atoms with Gasteiger partial charge in [-0.2, -0.15) is 5.06 Å². The van der Waals surface area contributed by atoms with Crippen molar-refractivity contribution in [1.82, 2.24) is 5.06 Å². The van der Waals surface area contributed by atoms with Gasteiger partial charge in [0.15, 0.2) is 0 Å². The van der Waals surface area contributed by atoms with Crippen LogP contribution in [0.3, 0.4) is 0 Å². The zero-order valence-electron chi connectivity index (χ0n) is 8.00. The highest BCUT2D eigenvalue weighted by atomic mass is 16.7. The molecule has 0 amide bonds. The number of hydrogen-bond donors (Lipinski definition) is 1. The zero-order chi connectivity index (χ0) is 9.26. The summed E-state index contributed by atoms with van der Waals surface area (Å²) < 4.78 is 0. The molecule has 3 heteroatoms. The molecule has 1 aromatic rings. The van der Waals surface area contributed by atoms with Crippen LogP contribution in [0.15, 0.2) is 18.2 Å². The highest BCUT2D eigenvalue weighted by Gasteiger charge is 2.10. The van der Waals surface area contributed by atoms with Gasteiger partial charge in [-0.25, -0.2) is 0 Å². The fraction of sp³-hybridized carbons (Fsp3) is 0.400. The van der Waals surface area contributed by atoms with Crippen molar-refractivity contribution in [2.24, 2.45) is 0 Å². The van der Waals surface area contributed by atoms with E-state index in [0.29, 0.717) is 0 Å². The van der Waals surface area contributed by atoms with Gasteiger partial charge >= 0.3 is 0 Å². The van der Waals surface area contributed by atoms with Crippen LogP contribution in [-0.2, 0) is 6.42 Å². The van der Waals surface area contributed by atoms with Crippen molar-refractivity contribution in [3.05, 3.63) is 23.8 Å². The first-order valence-corrected chi connectivity index (χ1v) is 4.48. The Balaban J connectivity index is 2.21. The molecular formula is C10H14N2O. The van der Waals surface area contributed by atoms with Crippen LogP contribution in [0.5, 0.6) is 5.75 Å². The SMILES string of the molecule is CN(C)Oc1ccc2c(c1)NCC2. The number of nitrogens with zero attached hydrogens (tertiary/aromatic N) is 1. The first kappa shape index (κ1) is 8.38. The molecule has 1 N–H and O–H groups in total. The van der Waals surface area contributed by atoms with Crippen molar-refractivity contribution >= 4 is 5.69 Å². The molecule has 0 aliphatic carbocycles. The minimum Gasteiger partial charge on any atom is -0.406 e. The Hall–Kier alpha value is -1.22. The van der Waals surface area contributed by atoms with E-state index in [1.807, 2.05) is 26.2 Å². The lowest BCUT2D eigenvalue weighted by Gasteiger charge is -2.12. The number of rotatable bonds is 2. The summed E-state index contributed by atoms with van der Waals surface area (Å²) in [5.74, 6) is 0.887. The third-order valence-electron chi connectivity index (χ3n) is 2.08. The Morgan fingerprint density at radius 3 is 3.00 bits per heavy atom. The third kappa shape index (κ3) is 1.75. The van der Waals surface area contributed by atoms with Crippen LogP contribution in [-0.4, -0.2) is 25.7 Å². The van der Waals surface area contributed by atoms with E-state index in [-0.39, 0.29) is 0 Å². The van der Waals surface area contributed by atoms with Gasteiger partial charge in [0.05, 0.1) is 0 Å². The second-order valence-corrected chi connectivity index (χ2v) is 3.40. The third-order valence-corrected chi connectivity index (χ3v) is 2.08. The summed E-state index contributed by atoms with van der Waals surface area (Å²) in [6.45, 7) is 1.04. The molecule has 0 saturated carbocycles. The summed E-state index contributed by atoms with van der Waals surface area (Å²) in [4.78, 5) is 5.43. The average Bonchev–Trinajstić information content (AvgIpc) is 2.49. The molecule has 1 heterocycles. The molecule has 0 aromatic heterocycles. The predicted molar refractivity (Wildman–Crippen MR) is 53.0 cm³/mol. The number of hydrogen-bond acceptors (Lipinski definition) is 3. The van der Waals surface area contributed by atoms with E-state index in [1.54, 1.807) is 5.06 Å². The number of fused-ring (bicyclic) bond motifs is 1. The van der Waals surface area contributed by atoms with Gasteiger partial charge in [0, 0.05) is 32.4 Å². The van der Waals surface area contributed by atoms with Crippen molar-refractivity contribution in [2.75, 3.05) is 26.0 Å². The summed E-state index contributed by atoms with van der Waals surface area (Å²) in [6.07, 6.45) is 1.12. The Morgan fingerprint density at radius 2 is 2.23 bits per heavy atom. The molecule has 0 unspecified atom stereocenters. The second kappa shape index (κ2) is 3.26. The molecule has 1 aromatic carbocycles. The molecule has 0 fully saturated rings. The lowest BCUT2D eigenvalue weighted by atomic mass is 10.2. The summed E-state index contributed by atoms with van der Waals surface area (Å²) in [5.41, 5.74) is 2.59. The van der Waals surface area contributed by atoms with Crippen LogP contribution >= 0.6 is 0 Å². The van der Waals surface area contributed by atoms with Crippen molar-refractivity contribution in [3.8, 4) is 5.75 Å². The maximum absolute atomic E-state index is 5.43. The Kier molecular flexibility index (Phi) is 2.10. The molecular weight excluding hydrogens is 164 g/mol. The first-order valence-electron chi connectivity index (χ1n) is 4.48. The average molecular weight is 178 g/mol. The highest BCUT2D eigenvalue weighted by Crippen LogP contribution is 2.26. The van der Waals surface area contributed by atoms with Crippen LogP contribution in [0.25, 0.3) is 0 Å². The van der Waals surface area contributed by atoms with E-state index in [9.17, 15) is 0 Å². The predicted octanol–water partition coefficient (Wildman–Crippen LogP) is 1.51. The molecule has 0 radical (unpaired) electrons. The monoisotopic (exact) mass is 178 g/mol. The van der Waals surface area contributed by atoms with Gasteiger partial charge in [-0.15, -0.1) is 0 Å². The van der Waals surface area contributed by atoms with Gasteiger partial charge < -0.3 is 10.2 Å². The van der Waals surface area contributed by atoms with Gasteiger partial charge in [-0.1, -0.05) is 6.07 Å². The van der Waals surface area contributed by atoms with Crippen molar-refractivity contribution in [1.29, 1.82) is 0 Å². The molecule has 13 heavy (non-hydrogen) atoms. The lowest BCUT2D eigenvalue weighted by molar-refractivity contribution is -0.00319. The molecule has 0 spiro atoms. The number of nitrogens with one attached hydrogen (secondary N) is 1. The normalized spacial score (nSPS) is 14.1. The van der Waals surface area contributed by atoms with E-state index >= 15 is 0 Å². The van der Waals surface area contributed by atoms with Gasteiger partial charge in [0.2, 0.25) is 0 Å². The highest BCUT2D eigenvalue weighted by molar-refractivity contribution is 5.58.